The second kappa shape index (κ2) is 7.70. The van der Waals surface area contributed by atoms with Gasteiger partial charge in [0.25, 0.3) is 0 Å². The molecular formula is C21H18ClF2N3O3. The summed E-state index contributed by atoms with van der Waals surface area (Å²) in [6.07, 6.45) is 1.17. The minimum atomic E-state index is -1.43. The van der Waals surface area contributed by atoms with E-state index in [1.165, 1.54) is 41.1 Å². The van der Waals surface area contributed by atoms with Gasteiger partial charge in [0.15, 0.2) is 0 Å². The highest BCUT2D eigenvalue weighted by atomic mass is 35.5. The topological polar surface area (TPSA) is 88.6 Å². The standard InChI is InChI=1S/C21H18ClF2N3O3/c22-16-10-26(8-11(16)7-25)19-6-18-14(5-17(19)24)20(28)15(21(29)30)9-27(18)13-3-1-12(23)2-4-13/h1-6,9,11,16H,7-8,10,25H2,(H,29,30)/t11-,16+/m1/s1. The van der Waals surface area contributed by atoms with Crippen LogP contribution in [0.3, 0.4) is 0 Å². The smallest absolute Gasteiger partial charge is 0.341 e. The van der Waals surface area contributed by atoms with Crippen molar-refractivity contribution in [1.29, 1.82) is 0 Å². The second-order valence-corrected chi connectivity index (χ2v) is 7.82. The average molecular weight is 434 g/mol. The number of fused-ring (bicyclic) bond motifs is 1. The van der Waals surface area contributed by atoms with Gasteiger partial charge in [-0.2, -0.15) is 0 Å². The Labute approximate surface area is 175 Å². The van der Waals surface area contributed by atoms with Crippen LogP contribution in [0.1, 0.15) is 10.4 Å². The van der Waals surface area contributed by atoms with Gasteiger partial charge in [-0.1, -0.05) is 0 Å². The number of aromatic carboxylic acids is 1. The molecule has 0 spiro atoms. The molecule has 0 radical (unpaired) electrons. The Balaban J connectivity index is 1.97. The van der Waals surface area contributed by atoms with Crippen molar-refractivity contribution in [2.24, 2.45) is 11.7 Å². The molecule has 9 heteroatoms. The van der Waals surface area contributed by atoms with E-state index in [9.17, 15) is 23.5 Å². The van der Waals surface area contributed by atoms with Crippen molar-refractivity contribution in [3.05, 3.63) is 70.0 Å². The molecule has 0 saturated carbocycles. The number of nitrogens with two attached hydrogens (primary N) is 1. The summed E-state index contributed by atoms with van der Waals surface area (Å²) in [7, 11) is 0. The first-order chi connectivity index (χ1) is 14.3. The van der Waals surface area contributed by atoms with Crippen LogP contribution in [0.5, 0.6) is 0 Å². The van der Waals surface area contributed by atoms with Gasteiger partial charge in [-0.3, -0.25) is 4.79 Å². The Bertz CT molecular complexity index is 1200. The monoisotopic (exact) mass is 433 g/mol. The molecule has 156 valence electrons. The molecule has 1 aliphatic rings. The Hall–Kier alpha value is -2.97. The van der Waals surface area contributed by atoms with Crippen LogP contribution < -0.4 is 16.1 Å². The van der Waals surface area contributed by atoms with Crippen molar-refractivity contribution in [3.63, 3.8) is 0 Å². The predicted octanol–water partition coefficient (Wildman–Crippen LogP) is 2.97. The zero-order valence-corrected chi connectivity index (χ0v) is 16.4. The molecule has 1 aliphatic heterocycles. The minimum Gasteiger partial charge on any atom is -0.477 e. The fraction of sp³-hybridized carbons (Fsp3) is 0.238. The number of alkyl halides is 1. The van der Waals surface area contributed by atoms with Crippen LogP contribution in [0.4, 0.5) is 14.5 Å². The number of benzene rings is 2. The van der Waals surface area contributed by atoms with Gasteiger partial charge >= 0.3 is 5.97 Å². The zero-order valence-electron chi connectivity index (χ0n) is 15.7. The number of hydrogen-bond acceptors (Lipinski definition) is 4. The maximum absolute atomic E-state index is 15.0. The van der Waals surface area contributed by atoms with Gasteiger partial charge in [-0.25, -0.2) is 13.6 Å². The van der Waals surface area contributed by atoms with Gasteiger partial charge in [0, 0.05) is 36.3 Å². The van der Waals surface area contributed by atoms with Crippen molar-refractivity contribution >= 4 is 34.2 Å². The summed E-state index contributed by atoms with van der Waals surface area (Å²) in [6.45, 7) is 1.21. The Morgan fingerprint density at radius 2 is 1.90 bits per heavy atom. The molecule has 30 heavy (non-hydrogen) atoms. The average Bonchev–Trinajstić information content (AvgIpc) is 3.09. The van der Waals surface area contributed by atoms with Crippen LogP contribution in [0.25, 0.3) is 16.6 Å². The molecule has 0 amide bonds. The van der Waals surface area contributed by atoms with Crippen molar-refractivity contribution < 1.29 is 18.7 Å². The molecule has 1 aromatic heterocycles. The van der Waals surface area contributed by atoms with Crippen LogP contribution in [0.2, 0.25) is 0 Å². The van der Waals surface area contributed by atoms with Gasteiger partial charge in [-0.05, 0) is 42.9 Å². The van der Waals surface area contributed by atoms with Gasteiger partial charge in [0.05, 0.1) is 16.6 Å². The van der Waals surface area contributed by atoms with Crippen LogP contribution >= 0.6 is 11.6 Å². The molecule has 6 nitrogen and oxygen atoms in total. The normalized spacial score (nSPS) is 18.9. The number of rotatable bonds is 4. The zero-order chi connectivity index (χ0) is 21.6. The molecule has 3 N–H and O–H groups in total. The number of pyridine rings is 1. The molecule has 1 saturated heterocycles. The number of carbonyl (C=O) groups is 1. The largest absolute Gasteiger partial charge is 0.477 e. The third-order valence-electron chi connectivity index (χ3n) is 5.41. The number of anilines is 1. The molecule has 2 aromatic carbocycles. The lowest BCUT2D eigenvalue weighted by molar-refractivity contribution is 0.0695. The second-order valence-electron chi connectivity index (χ2n) is 7.26. The first kappa shape index (κ1) is 20.3. The first-order valence-corrected chi connectivity index (χ1v) is 9.71. The number of aromatic nitrogens is 1. The maximum Gasteiger partial charge on any atom is 0.341 e. The van der Waals surface area contributed by atoms with E-state index >= 15 is 0 Å². The molecule has 0 unspecified atom stereocenters. The highest BCUT2D eigenvalue weighted by Crippen LogP contribution is 2.32. The third kappa shape index (κ3) is 3.42. The Morgan fingerprint density at radius 1 is 1.20 bits per heavy atom. The van der Waals surface area contributed by atoms with Crippen LogP contribution in [0, 0.1) is 17.6 Å². The molecule has 0 bridgehead atoms. The number of nitrogens with zero attached hydrogens (tertiary/aromatic N) is 2. The fourth-order valence-electron chi connectivity index (χ4n) is 3.79. The molecule has 1 fully saturated rings. The summed E-state index contributed by atoms with van der Waals surface area (Å²) in [5.41, 5.74) is 5.40. The lowest BCUT2D eigenvalue weighted by Gasteiger charge is -2.21. The molecule has 3 aromatic rings. The fourth-order valence-corrected chi connectivity index (χ4v) is 4.14. The van der Waals surface area contributed by atoms with Crippen LogP contribution in [0.15, 0.2) is 47.4 Å². The number of halogens is 3. The van der Waals surface area contributed by atoms with Crippen LogP contribution in [-0.2, 0) is 0 Å². The lowest BCUT2D eigenvalue weighted by atomic mass is 10.1. The summed E-state index contributed by atoms with van der Waals surface area (Å²) in [5.74, 6) is -2.56. The van der Waals surface area contributed by atoms with E-state index in [-0.39, 0.29) is 22.4 Å². The van der Waals surface area contributed by atoms with Gasteiger partial charge in [0.2, 0.25) is 5.43 Å². The van der Waals surface area contributed by atoms with E-state index in [1.807, 2.05) is 0 Å². The Kier molecular flexibility index (Phi) is 5.21. The molecular weight excluding hydrogens is 416 g/mol. The minimum absolute atomic E-state index is 0.00422. The number of hydrogen-bond donors (Lipinski definition) is 2. The summed E-state index contributed by atoms with van der Waals surface area (Å²) in [5, 5.41) is 9.10. The number of carboxylic acid groups (broad SMARTS) is 1. The van der Waals surface area contributed by atoms with E-state index in [4.69, 9.17) is 17.3 Å². The summed E-state index contributed by atoms with van der Waals surface area (Å²) in [6, 6.07) is 7.86. The maximum atomic E-state index is 15.0. The number of carboxylic acids is 1. The molecule has 2 atom stereocenters. The van der Waals surface area contributed by atoms with E-state index in [0.29, 0.717) is 30.8 Å². The lowest BCUT2D eigenvalue weighted by Crippen LogP contribution is -2.24. The van der Waals surface area contributed by atoms with Crippen molar-refractivity contribution in [2.45, 2.75) is 5.38 Å². The Morgan fingerprint density at radius 3 is 2.50 bits per heavy atom. The van der Waals surface area contributed by atoms with Gasteiger partial charge in [0.1, 0.15) is 17.2 Å². The third-order valence-corrected chi connectivity index (χ3v) is 5.91. The summed E-state index contributed by atoms with van der Waals surface area (Å²) in [4.78, 5) is 26.0. The predicted molar refractivity (Wildman–Crippen MR) is 111 cm³/mol. The van der Waals surface area contributed by atoms with Crippen molar-refractivity contribution in [2.75, 3.05) is 24.5 Å². The SMILES string of the molecule is NC[C@@H]1CN(c2cc3c(cc2F)c(=O)c(C(=O)O)cn3-c2ccc(F)cc2)C[C@@H]1Cl. The summed E-state index contributed by atoms with van der Waals surface area (Å²) < 4.78 is 29.8. The van der Waals surface area contributed by atoms with E-state index < -0.39 is 28.6 Å². The van der Waals surface area contributed by atoms with Gasteiger partial charge in [-0.15, -0.1) is 11.6 Å². The van der Waals surface area contributed by atoms with Crippen molar-refractivity contribution in [3.8, 4) is 5.69 Å². The summed E-state index contributed by atoms with van der Waals surface area (Å²) >= 11 is 6.32. The first-order valence-electron chi connectivity index (χ1n) is 9.27. The van der Waals surface area contributed by atoms with Crippen molar-refractivity contribution in [1.82, 2.24) is 4.57 Å². The molecule has 2 heterocycles. The van der Waals surface area contributed by atoms with Crippen LogP contribution in [-0.4, -0.2) is 40.7 Å². The highest BCUT2D eigenvalue weighted by Gasteiger charge is 2.32. The molecule has 0 aliphatic carbocycles. The molecule has 4 rings (SSSR count). The highest BCUT2D eigenvalue weighted by molar-refractivity contribution is 6.21. The van der Waals surface area contributed by atoms with E-state index in [0.717, 1.165) is 6.07 Å². The van der Waals surface area contributed by atoms with E-state index in [2.05, 4.69) is 0 Å². The quantitative estimate of drug-likeness (QED) is 0.617. The van der Waals surface area contributed by atoms with Gasteiger partial charge < -0.3 is 20.3 Å². The van der Waals surface area contributed by atoms with E-state index in [1.54, 1.807) is 4.90 Å².